The number of aliphatic hydroxyl groups is 1. The van der Waals surface area contributed by atoms with Crippen LogP contribution in [0.5, 0.6) is 0 Å². The van der Waals surface area contributed by atoms with E-state index in [1.165, 1.54) is 11.3 Å². The van der Waals surface area contributed by atoms with E-state index in [1.807, 2.05) is 19.1 Å². The Morgan fingerprint density at radius 1 is 1.60 bits per heavy atom. The van der Waals surface area contributed by atoms with Crippen LogP contribution in [0, 0.1) is 6.92 Å². The molecule has 0 radical (unpaired) electrons. The summed E-state index contributed by atoms with van der Waals surface area (Å²) in [5, 5.41) is 11.9. The molecule has 0 bridgehead atoms. The van der Waals surface area contributed by atoms with Gasteiger partial charge >= 0.3 is 0 Å². The fourth-order valence-electron chi connectivity index (χ4n) is 1.24. The third-order valence-electron chi connectivity index (χ3n) is 2.05. The van der Waals surface area contributed by atoms with Gasteiger partial charge in [-0.2, -0.15) is 0 Å². The Balaban J connectivity index is 2.25. The summed E-state index contributed by atoms with van der Waals surface area (Å²) in [4.78, 5) is 13.4. The lowest BCUT2D eigenvalue weighted by Crippen LogP contribution is -2.24. The van der Waals surface area contributed by atoms with Crippen LogP contribution in [0.4, 0.5) is 0 Å². The molecule has 0 saturated carbocycles. The first-order valence-corrected chi connectivity index (χ1v) is 5.94. The molecule has 1 rings (SSSR count). The van der Waals surface area contributed by atoms with Gasteiger partial charge in [0, 0.05) is 11.4 Å². The number of hydrogen-bond acceptors (Lipinski definition) is 3. The molecular weight excluding hydrogens is 210 g/mol. The molecule has 1 atom stereocenters. The van der Waals surface area contributed by atoms with Gasteiger partial charge in [-0.3, -0.25) is 4.79 Å². The molecule has 1 aromatic rings. The van der Waals surface area contributed by atoms with E-state index in [4.69, 9.17) is 5.11 Å². The number of aliphatic hydroxyl groups excluding tert-OH is 1. The number of aryl methyl sites for hydroxylation is 1. The summed E-state index contributed by atoms with van der Waals surface area (Å²) in [6.45, 7) is 4.36. The predicted molar refractivity (Wildman–Crippen MR) is 62.3 cm³/mol. The highest BCUT2D eigenvalue weighted by Crippen LogP contribution is 2.14. The van der Waals surface area contributed by atoms with E-state index >= 15 is 0 Å². The Morgan fingerprint density at radius 3 is 2.87 bits per heavy atom. The second kappa shape index (κ2) is 5.88. The minimum atomic E-state index is -0.286. The van der Waals surface area contributed by atoms with Gasteiger partial charge in [-0.15, -0.1) is 11.3 Å². The summed E-state index contributed by atoms with van der Waals surface area (Å²) in [5.74, 6) is -0.0151. The molecule has 2 N–H and O–H groups in total. The number of rotatable bonds is 5. The molecule has 0 saturated heterocycles. The molecule has 1 heterocycles. The first-order valence-electron chi connectivity index (χ1n) is 5.12. The van der Waals surface area contributed by atoms with Crippen molar-refractivity contribution < 1.29 is 9.90 Å². The van der Waals surface area contributed by atoms with Crippen LogP contribution in [-0.2, 0) is 0 Å². The van der Waals surface area contributed by atoms with Crippen LogP contribution in [0.25, 0.3) is 0 Å². The van der Waals surface area contributed by atoms with Gasteiger partial charge in [0.05, 0.1) is 11.0 Å². The van der Waals surface area contributed by atoms with Crippen molar-refractivity contribution in [2.75, 3.05) is 6.54 Å². The van der Waals surface area contributed by atoms with Crippen LogP contribution in [0.1, 0.15) is 34.3 Å². The monoisotopic (exact) mass is 227 g/mol. The smallest absolute Gasteiger partial charge is 0.261 e. The van der Waals surface area contributed by atoms with Gasteiger partial charge in [0.1, 0.15) is 0 Å². The lowest BCUT2D eigenvalue weighted by molar-refractivity contribution is 0.0953. The molecule has 1 aromatic heterocycles. The fraction of sp³-hybridized carbons (Fsp3) is 0.545. The summed E-state index contributed by atoms with van der Waals surface area (Å²) in [6, 6.07) is 3.78. The van der Waals surface area contributed by atoms with Gasteiger partial charge in [-0.25, -0.2) is 0 Å². The van der Waals surface area contributed by atoms with Gasteiger partial charge in [0.25, 0.3) is 5.91 Å². The van der Waals surface area contributed by atoms with Crippen LogP contribution in [0.2, 0.25) is 0 Å². The highest BCUT2D eigenvalue weighted by Gasteiger charge is 2.06. The second-order valence-electron chi connectivity index (χ2n) is 3.66. The van der Waals surface area contributed by atoms with Gasteiger partial charge < -0.3 is 10.4 Å². The quantitative estimate of drug-likeness (QED) is 0.755. The molecular formula is C11H17NO2S. The molecule has 0 aromatic carbocycles. The molecule has 0 aliphatic carbocycles. The Hall–Kier alpha value is -0.870. The van der Waals surface area contributed by atoms with Gasteiger partial charge in [0.2, 0.25) is 0 Å². The van der Waals surface area contributed by atoms with Crippen molar-refractivity contribution in [3.8, 4) is 0 Å². The van der Waals surface area contributed by atoms with Crippen LogP contribution in [-0.4, -0.2) is 23.7 Å². The maximum Gasteiger partial charge on any atom is 0.261 e. The largest absolute Gasteiger partial charge is 0.393 e. The zero-order chi connectivity index (χ0) is 11.3. The van der Waals surface area contributed by atoms with E-state index in [9.17, 15) is 4.79 Å². The van der Waals surface area contributed by atoms with Crippen LogP contribution in [0.15, 0.2) is 12.1 Å². The third-order valence-corrected chi connectivity index (χ3v) is 3.05. The van der Waals surface area contributed by atoms with Gasteiger partial charge in [-0.1, -0.05) is 0 Å². The molecule has 3 nitrogen and oxygen atoms in total. The number of nitrogens with one attached hydrogen (secondary N) is 1. The lowest BCUT2D eigenvalue weighted by Gasteiger charge is -2.05. The summed E-state index contributed by atoms with van der Waals surface area (Å²) in [6.07, 6.45) is 1.25. The Bertz CT molecular complexity index is 320. The van der Waals surface area contributed by atoms with Gasteiger partial charge in [-0.05, 0) is 38.8 Å². The maximum absolute atomic E-state index is 11.5. The minimum Gasteiger partial charge on any atom is -0.393 e. The number of thiophene rings is 1. The predicted octanol–water partition coefficient (Wildman–Crippen LogP) is 1.95. The Kier molecular flexibility index (Phi) is 4.78. The van der Waals surface area contributed by atoms with E-state index in [0.717, 1.165) is 22.6 Å². The Morgan fingerprint density at radius 2 is 2.33 bits per heavy atom. The lowest BCUT2D eigenvalue weighted by atomic mass is 10.2. The van der Waals surface area contributed by atoms with Crippen molar-refractivity contribution in [2.24, 2.45) is 0 Å². The van der Waals surface area contributed by atoms with Crippen LogP contribution >= 0.6 is 11.3 Å². The van der Waals surface area contributed by atoms with E-state index < -0.39 is 0 Å². The zero-order valence-electron chi connectivity index (χ0n) is 9.12. The standard InChI is InChI=1S/C11H17NO2S/c1-8(13)4-3-7-12-11(14)10-6-5-9(2)15-10/h5-6,8,13H,3-4,7H2,1-2H3,(H,12,14). The van der Waals surface area contributed by atoms with Crippen molar-refractivity contribution in [1.82, 2.24) is 5.32 Å². The average molecular weight is 227 g/mol. The SMILES string of the molecule is Cc1ccc(C(=O)NCCCC(C)O)s1. The highest BCUT2D eigenvalue weighted by atomic mass is 32.1. The van der Waals surface area contributed by atoms with Crippen molar-refractivity contribution >= 4 is 17.2 Å². The molecule has 1 amide bonds. The molecule has 84 valence electrons. The summed E-state index contributed by atoms with van der Waals surface area (Å²) in [5.41, 5.74) is 0. The van der Waals surface area contributed by atoms with E-state index in [1.54, 1.807) is 6.92 Å². The summed E-state index contributed by atoms with van der Waals surface area (Å²) >= 11 is 1.50. The summed E-state index contributed by atoms with van der Waals surface area (Å²) in [7, 11) is 0. The number of carbonyl (C=O) groups is 1. The minimum absolute atomic E-state index is 0.0151. The topological polar surface area (TPSA) is 49.3 Å². The first-order chi connectivity index (χ1) is 7.09. The summed E-state index contributed by atoms with van der Waals surface area (Å²) < 4.78 is 0. The normalized spacial score (nSPS) is 12.5. The molecule has 0 aliphatic heterocycles. The Labute approximate surface area is 94.1 Å². The molecule has 4 heteroatoms. The van der Waals surface area contributed by atoms with Crippen molar-refractivity contribution in [3.05, 3.63) is 21.9 Å². The molecule has 0 fully saturated rings. The van der Waals surface area contributed by atoms with Crippen LogP contribution < -0.4 is 5.32 Å². The second-order valence-corrected chi connectivity index (χ2v) is 4.95. The highest BCUT2D eigenvalue weighted by molar-refractivity contribution is 7.13. The first kappa shape index (κ1) is 12.2. The van der Waals surface area contributed by atoms with Crippen LogP contribution in [0.3, 0.4) is 0 Å². The van der Waals surface area contributed by atoms with Crippen molar-refractivity contribution in [2.45, 2.75) is 32.8 Å². The van der Waals surface area contributed by atoms with E-state index in [2.05, 4.69) is 5.32 Å². The third kappa shape index (κ3) is 4.44. The number of carbonyl (C=O) groups excluding carboxylic acids is 1. The average Bonchev–Trinajstić information content (AvgIpc) is 2.59. The molecule has 15 heavy (non-hydrogen) atoms. The van der Waals surface area contributed by atoms with E-state index in [0.29, 0.717) is 6.54 Å². The fourth-order valence-corrected chi connectivity index (χ4v) is 2.03. The number of hydrogen-bond donors (Lipinski definition) is 2. The molecule has 0 aliphatic rings. The number of amides is 1. The van der Waals surface area contributed by atoms with Gasteiger partial charge in [0.15, 0.2) is 0 Å². The van der Waals surface area contributed by atoms with Crippen molar-refractivity contribution in [3.63, 3.8) is 0 Å². The maximum atomic E-state index is 11.5. The zero-order valence-corrected chi connectivity index (χ0v) is 9.93. The van der Waals surface area contributed by atoms with E-state index in [-0.39, 0.29) is 12.0 Å². The molecule has 0 spiro atoms. The van der Waals surface area contributed by atoms with Crippen molar-refractivity contribution in [1.29, 1.82) is 0 Å². The molecule has 1 unspecified atom stereocenters.